The van der Waals surface area contributed by atoms with Gasteiger partial charge in [-0.25, -0.2) is 9.97 Å². The van der Waals surface area contributed by atoms with Crippen LogP contribution in [-0.4, -0.2) is 21.0 Å². The summed E-state index contributed by atoms with van der Waals surface area (Å²) >= 11 is 11.6. The molecule has 0 aliphatic heterocycles. The average molecular weight is 299 g/mol. The number of hydrogen-bond donors (Lipinski definition) is 2. The zero-order chi connectivity index (χ0) is 13.8. The molecule has 0 atom stereocenters. The largest absolute Gasteiger partial charge is 0.437 e. The summed E-state index contributed by atoms with van der Waals surface area (Å²) in [5.41, 5.74) is 5.60. The second-order valence-corrected chi connectivity index (χ2v) is 4.22. The molecule has 0 fully saturated rings. The molecule has 2 rings (SSSR count). The molecule has 0 aliphatic rings. The summed E-state index contributed by atoms with van der Waals surface area (Å²) in [6.45, 7) is 0. The Morgan fingerprint density at radius 1 is 1.21 bits per heavy atom. The minimum atomic E-state index is -0.131. The van der Waals surface area contributed by atoms with Gasteiger partial charge in [0.1, 0.15) is 11.4 Å². The molecular formula is C11H8Cl2N4O2. The van der Waals surface area contributed by atoms with Crippen LogP contribution in [0.2, 0.25) is 10.0 Å². The lowest BCUT2D eigenvalue weighted by Crippen LogP contribution is -2.15. The minimum absolute atomic E-state index is 0.131. The van der Waals surface area contributed by atoms with Crippen LogP contribution in [0.1, 0.15) is 5.69 Å². The van der Waals surface area contributed by atoms with E-state index in [0.717, 1.165) is 0 Å². The molecule has 0 bridgehead atoms. The fraction of sp³-hybridized carbons (Fsp3) is 0. The predicted molar refractivity (Wildman–Crippen MR) is 71.1 cm³/mol. The Hall–Kier alpha value is -2.05. The molecule has 98 valence electrons. The Morgan fingerprint density at radius 3 is 2.58 bits per heavy atom. The number of halogens is 2. The highest BCUT2D eigenvalue weighted by molar-refractivity contribution is 6.42. The van der Waals surface area contributed by atoms with Gasteiger partial charge in [0.25, 0.3) is 0 Å². The molecule has 2 aromatic rings. The molecule has 1 aromatic heterocycles. The van der Waals surface area contributed by atoms with E-state index in [1.807, 2.05) is 0 Å². The number of oxime groups is 1. The van der Waals surface area contributed by atoms with Crippen molar-refractivity contribution in [3.63, 3.8) is 0 Å². The van der Waals surface area contributed by atoms with Crippen LogP contribution in [0.4, 0.5) is 0 Å². The molecule has 1 heterocycles. The Balaban J connectivity index is 2.17. The fourth-order valence-electron chi connectivity index (χ4n) is 1.21. The third kappa shape index (κ3) is 3.24. The maximum absolute atomic E-state index is 8.49. The van der Waals surface area contributed by atoms with Gasteiger partial charge >= 0.3 is 0 Å². The fourth-order valence-corrected chi connectivity index (χ4v) is 1.50. The van der Waals surface area contributed by atoms with E-state index in [4.69, 9.17) is 38.9 Å². The van der Waals surface area contributed by atoms with E-state index < -0.39 is 0 Å². The highest BCUT2D eigenvalue weighted by Crippen LogP contribution is 2.28. The first kappa shape index (κ1) is 13.4. The number of hydrogen-bond acceptors (Lipinski definition) is 5. The third-order valence-electron chi connectivity index (χ3n) is 2.11. The molecule has 8 heteroatoms. The summed E-state index contributed by atoms with van der Waals surface area (Å²) in [6.07, 6.45) is 2.66. The molecule has 0 unspecified atom stereocenters. The van der Waals surface area contributed by atoms with Crippen LogP contribution in [0.15, 0.2) is 35.7 Å². The molecule has 19 heavy (non-hydrogen) atoms. The Kier molecular flexibility index (Phi) is 4.03. The number of aromatic nitrogens is 2. The van der Waals surface area contributed by atoms with Gasteiger partial charge in [-0.05, 0) is 12.1 Å². The van der Waals surface area contributed by atoms with Crippen LogP contribution in [0.5, 0.6) is 11.6 Å². The normalized spacial score (nSPS) is 11.4. The van der Waals surface area contributed by atoms with Crippen molar-refractivity contribution in [2.75, 3.05) is 0 Å². The monoisotopic (exact) mass is 298 g/mol. The van der Waals surface area contributed by atoms with Crippen LogP contribution in [0.25, 0.3) is 0 Å². The van der Waals surface area contributed by atoms with Gasteiger partial charge in [0, 0.05) is 6.07 Å². The summed E-state index contributed by atoms with van der Waals surface area (Å²) in [5, 5.41) is 12.1. The number of nitrogens with two attached hydrogens (primary N) is 1. The minimum Gasteiger partial charge on any atom is -0.437 e. The van der Waals surface area contributed by atoms with Gasteiger partial charge < -0.3 is 15.7 Å². The van der Waals surface area contributed by atoms with Gasteiger partial charge in [-0.1, -0.05) is 28.4 Å². The molecule has 0 saturated heterocycles. The van der Waals surface area contributed by atoms with Gasteiger partial charge in [0.2, 0.25) is 5.88 Å². The highest BCUT2D eigenvalue weighted by Gasteiger charge is 2.05. The van der Waals surface area contributed by atoms with Crippen molar-refractivity contribution < 1.29 is 9.94 Å². The first-order valence-corrected chi connectivity index (χ1v) is 5.78. The smallest absolute Gasteiger partial charge is 0.237 e. The second kappa shape index (κ2) is 5.73. The van der Waals surface area contributed by atoms with Crippen molar-refractivity contribution in [1.82, 2.24) is 9.97 Å². The number of nitrogens with zero attached hydrogens (tertiary/aromatic N) is 3. The zero-order valence-electron chi connectivity index (χ0n) is 9.42. The van der Waals surface area contributed by atoms with E-state index in [0.29, 0.717) is 15.8 Å². The SMILES string of the molecule is NC(=NO)c1cnc(Oc2ccc(Cl)c(Cl)c2)cn1. The molecule has 6 nitrogen and oxygen atoms in total. The number of rotatable bonds is 3. The topological polar surface area (TPSA) is 93.6 Å². The first-order valence-electron chi connectivity index (χ1n) is 5.03. The lowest BCUT2D eigenvalue weighted by Gasteiger charge is -2.05. The van der Waals surface area contributed by atoms with Gasteiger partial charge in [0.15, 0.2) is 5.84 Å². The maximum Gasteiger partial charge on any atom is 0.237 e. The Morgan fingerprint density at radius 2 is 2.00 bits per heavy atom. The Bertz CT molecular complexity index is 617. The molecule has 0 saturated carbocycles. The second-order valence-electron chi connectivity index (χ2n) is 3.40. The molecule has 1 aromatic carbocycles. The highest BCUT2D eigenvalue weighted by atomic mass is 35.5. The lowest BCUT2D eigenvalue weighted by atomic mass is 10.3. The lowest BCUT2D eigenvalue weighted by molar-refractivity contribution is 0.318. The van der Waals surface area contributed by atoms with Crippen molar-refractivity contribution in [1.29, 1.82) is 0 Å². The van der Waals surface area contributed by atoms with E-state index in [-0.39, 0.29) is 17.4 Å². The van der Waals surface area contributed by atoms with E-state index in [1.54, 1.807) is 18.2 Å². The summed E-state index contributed by atoms with van der Waals surface area (Å²) in [4.78, 5) is 7.89. The van der Waals surface area contributed by atoms with Crippen molar-refractivity contribution >= 4 is 29.0 Å². The van der Waals surface area contributed by atoms with Crippen LogP contribution in [-0.2, 0) is 0 Å². The molecule has 0 radical (unpaired) electrons. The van der Waals surface area contributed by atoms with E-state index in [9.17, 15) is 0 Å². The van der Waals surface area contributed by atoms with Crippen LogP contribution in [0, 0.1) is 0 Å². The van der Waals surface area contributed by atoms with E-state index in [1.165, 1.54) is 12.4 Å². The van der Waals surface area contributed by atoms with Gasteiger partial charge in [-0.3, -0.25) is 0 Å². The van der Waals surface area contributed by atoms with Crippen molar-refractivity contribution in [3.05, 3.63) is 46.3 Å². The average Bonchev–Trinajstić information content (AvgIpc) is 2.43. The van der Waals surface area contributed by atoms with Crippen molar-refractivity contribution in [2.45, 2.75) is 0 Å². The van der Waals surface area contributed by atoms with Gasteiger partial charge in [0.05, 0.1) is 22.4 Å². The molecule has 0 spiro atoms. The predicted octanol–water partition coefficient (Wildman–Crippen LogP) is 2.67. The number of amidine groups is 1. The van der Waals surface area contributed by atoms with Crippen LogP contribution in [0.3, 0.4) is 0 Å². The Labute approximate surface area is 118 Å². The van der Waals surface area contributed by atoms with Crippen molar-refractivity contribution in [2.24, 2.45) is 10.9 Å². The standard InChI is InChI=1S/C11H8Cl2N4O2/c12-7-2-1-6(3-8(7)13)19-10-5-15-9(4-16-10)11(14)17-18/h1-5,18H,(H2,14,17). The summed E-state index contributed by atoms with van der Waals surface area (Å²) in [5.74, 6) is 0.585. The number of benzene rings is 1. The summed E-state index contributed by atoms with van der Waals surface area (Å²) in [7, 11) is 0. The third-order valence-corrected chi connectivity index (χ3v) is 2.85. The first-order chi connectivity index (χ1) is 9.10. The van der Waals surface area contributed by atoms with E-state index >= 15 is 0 Å². The van der Waals surface area contributed by atoms with Crippen LogP contribution < -0.4 is 10.5 Å². The van der Waals surface area contributed by atoms with Crippen LogP contribution >= 0.6 is 23.2 Å². The van der Waals surface area contributed by atoms with Gasteiger partial charge in [-0.15, -0.1) is 0 Å². The van der Waals surface area contributed by atoms with Crippen molar-refractivity contribution in [3.8, 4) is 11.6 Å². The summed E-state index contributed by atoms with van der Waals surface area (Å²) in [6, 6.07) is 4.81. The van der Waals surface area contributed by atoms with Gasteiger partial charge in [-0.2, -0.15) is 0 Å². The molecule has 3 N–H and O–H groups in total. The molecular weight excluding hydrogens is 291 g/mol. The quantitative estimate of drug-likeness (QED) is 0.393. The maximum atomic E-state index is 8.49. The summed E-state index contributed by atoms with van der Waals surface area (Å²) < 4.78 is 5.42. The van der Waals surface area contributed by atoms with E-state index in [2.05, 4.69) is 15.1 Å². The number of ether oxygens (including phenoxy) is 1. The zero-order valence-corrected chi connectivity index (χ0v) is 10.9. The molecule has 0 amide bonds. The molecule has 0 aliphatic carbocycles.